The van der Waals surface area contributed by atoms with Crippen LogP contribution in [0.15, 0.2) is 23.6 Å². The molecule has 0 fully saturated rings. The van der Waals surface area contributed by atoms with Crippen LogP contribution >= 0.6 is 11.8 Å². The Kier molecular flexibility index (Phi) is 7.23. The summed E-state index contributed by atoms with van der Waals surface area (Å²) >= 11 is 1.72. The Balaban J connectivity index is 2.31. The second kappa shape index (κ2) is 8.45. The fraction of sp³-hybridized carbons (Fsp3) is 0.692. The number of aliphatic hydroxyl groups is 1. The minimum Gasteiger partial charge on any atom is -0.394 e. The molecule has 0 saturated carbocycles. The van der Waals surface area contributed by atoms with E-state index in [0.717, 1.165) is 36.6 Å². The van der Waals surface area contributed by atoms with Crippen molar-refractivity contribution in [2.24, 2.45) is 0 Å². The van der Waals surface area contributed by atoms with Crippen molar-refractivity contribution >= 4 is 11.8 Å². The zero-order valence-corrected chi connectivity index (χ0v) is 12.0. The lowest BCUT2D eigenvalue weighted by atomic mass is 9.91. The fourth-order valence-electron chi connectivity index (χ4n) is 1.96. The number of hydrogen-bond acceptors (Lipinski definition) is 5. The summed E-state index contributed by atoms with van der Waals surface area (Å²) in [5.74, 6) is 1.01. The highest BCUT2D eigenvalue weighted by molar-refractivity contribution is 7.99. The molecule has 1 atom stereocenters. The Hall–Kier alpha value is -0.650. The number of hydrogen-bond donors (Lipinski definition) is 2. The monoisotopic (exact) mass is 269 g/mol. The van der Waals surface area contributed by atoms with Gasteiger partial charge in [0.15, 0.2) is 0 Å². The highest BCUT2D eigenvalue weighted by atomic mass is 32.2. The third-order valence-electron chi connectivity index (χ3n) is 3.12. The third kappa shape index (κ3) is 4.92. The first kappa shape index (κ1) is 15.4. The number of aromatic nitrogens is 2. The molecule has 1 aromatic heterocycles. The van der Waals surface area contributed by atoms with Gasteiger partial charge in [-0.25, -0.2) is 4.98 Å². The molecule has 1 heterocycles. The molecule has 102 valence electrons. The number of rotatable bonds is 9. The molecule has 0 aromatic carbocycles. The summed E-state index contributed by atoms with van der Waals surface area (Å²) in [4.78, 5) is 8.26. The van der Waals surface area contributed by atoms with Crippen LogP contribution in [0.5, 0.6) is 0 Å². The van der Waals surface area contributed by atoms with Gasteiger partial charge in [-0.3, -0.25) is 4.98 Å². The van der Waals surface area contributed by atoms with Crippen LogP contribution in [0.3, 0.4) is 0 Å². The standard InChI is InChI=1S/C13H23N3OS/c1-3-13(11-17,16-4-2)6-5-9-18-12-10-14-7-8-15-12/h7-8,10,16-17H,3-6,9,11H2,1-2H3. The van der Waals surface area contributed by atoms with Gasteiger partial charge in [0.05, 0.1) is 12.8 Å². The van der Waals surface area contributed by atoms with Crippen LogP contribution in [0.25, 0.3) is 0 Å². The summed E-state index contributed by atoms with van der Waals surface area (Å²) in [6.45, 7) is 5.29. The normalized spacial score (nSPS) is 14.4. The zero-order valence-electron chi connectivity index (χ0n) is 11.2. The number of likely N-dealkylation sites (N-methyl/N-ethyl adjacent to an activating group) is 1. The van der Waals surface area contributed by atoms with Crippen LogP contribution in [-0.4, -0.2) is 39.5 Å². The van der Waals surface area contributed by atoms with Gasteiger partial charge in [0.2, 0.25) is 0 Å². The third-order valence-corrected chi connectivity index (χ3v) is 4.12. The molecule has 18 heavy (non-hydrogen) atoms. The molecular weight excluding hydrogens is 246 g/mol. The van der Waals surface area contributed by atoms with E-state index in [1.165, 1.54) is 0 Å². The topological polar surface area (TPSA) is 58.0 Å². The highest BCUT2D eigenvalue weighted by Crippen LogP contribution is 2.21. The molecule has 5 heteroatoms. The first-order valence-electron chi connectivity index (χ1n) is 6.51. The second-order valence-corrected chi connectivity index (χ2v) is 5.43. The van der Waals surface area contributed by atoms with Crippen molar-refractivity contribution in [1.82, 2.24) is 15.3 Å². The Morgan fingerprint density at radius 3 is 2.78 bits per heavy atom. The van der Waals surface area contributed by atoms with Gasteiger partial charge >= 0.3 is 0 Å². The van der Waals surface area contributed by atoms with Crippen molar-refractivity contribution in [3.63, 3.8) is 0 Å². The number of aliphatic hydroxyl groups excluding tert-OH is 1. The predicted octanol–water partition coefficient (Wildman–Crippen LogP) is 2.10. The van der Waals surface area contributed by atoms with Crippen LogP contribution in [0.4, 0.5) is 0 Å². The van der Waals surface area contributed by atoms with E-state index in [1.807, 2.05) is 0 Å². The van der Waals surface area contributed by atoms with E-state index >= 15 is 0 Å². The van der Waals surface area contributed by atoms with Crippen molar-refractivity contribution in [3.8, 4) is 0 Å². The number of nitrogens with zero attached hydrogens (tertiary/aromatic N) is 2. The van der Waals surface area contributed by atoms with Crippen molar-refractivity contribution in [1.29, 1.82) is 0 Å². The van der Waals surface area contributed by atoms with Crippen LogP contribution in [-0.2, 0) is 0 Å². The van der Waals surface area contributed by atoms with E-state index in [-0.39, 0.29) is 12.1 Å². The summed E-state index contributed by atoms with van der Waals surface area (Å²) in [6.07, 6.45) is 8.18. The van der Waals surface area contributed by atoms with Crippen LogP contribution in [0, 0.1) is 0 Å². The fourth-order valence-corrected chi connectivity index (χ4v) is 2.73. The Bertz CT molecular complexity index is 317. The smallest absolute Gasteiger partial charge is 0.114 e. The molecular formula is C13H23N3OS. The maximum absolute atomic E-state index is 9.53. The first-order valence-corrected chi connectivity index (χ1v) is 7.49. The van der Waals surface area contributed by atoms with E-state index < -0.39 is 0 Å². The SMILES string of the molecule is CCNC(CC)(CO)CCCSc1cnccn1. The van der Waals surface area contributed by atoms with Gasteiger partial charge in [0.1, 0.15) is 5.03 Å². The summed E-state index contributed by atoms with van der Waals surface area (Å²) in [7, 11) is 0. The summed E-state index contributed by atoms with van der Waals surface area (Å²) in [6, 6.07) is 0. The number of thioether (sulfide) groups is 1. The molecule has 0 amide bonds. The quantitative estimate of drug-likeness (QED) is 0.531. The molecule has 1 unspecified atom stereocenters. The molecule has 4 nitrogen and oxygen atoms in total. The molecule has 0 bridgehead atoms. The Labute approximate surface area is 114 Å². The zero-order chi connectivity index (χ0) is 13.3. The van der Waals surface area contributed by atoms with Gasteiger partial charge in [-0.05, 0) is 31.6 Å². The molecule has 1 rings (SSSR count). The van der Waals surface area contributed by atoms with E-state index in [9.17, 15) is 5.11 Å². The molecule has 0 aliphatic rings. The van der Waals surface area contributed by atoms with Crippen molar-refractivity contribution in [3.05, 3.63) is 18.6 Å². The number of nitrogens with one attached hydrogen (secondary N) is 1. The van der Waals surface area contributed by atoms with Crippen molar-refractivity contribution in [2.75, 3.05) is 18.9 Å². The van der Waals surface area contributed by atoms with Gasteiger partial charge in [-0.2, -0.15) is 0 Å². The molecule has 0 spiro atoms. The van der Waals surface area contributed by atoms with E-state index in [0.29, 0.717) is 0 Å². The molecule has 0 aliphatic carbocycles. The minimum absolute atomic E-state index is 0.113. The van der Waals surface area contributed by atoms with Gasteiger partial charge in [0, 0.05) is 17.9 Å². The van der Waals surface area contributed by atoms with Gasteiger partial charge in [-0.1, -0.05) is 13.8 Å². The summed E-state index contributed by atoms with van der Waals surface area (Å²) in [5, 5.41) is 13.9. The van der Waals surface area contributed by atoms with E-state index in [1.54, 1.807) is 30.4 Å². The maximum Gasteiger partial charge on any atom is 0.114 e. The molecule has 0 aliphatic heterocycles. The lowest BCUT2D eigenvalue weighted by Gasteiger charge is -2.31. The lowest BCUT2D eigenvalue weighted by Crippen LogP contribution is -2.48. The summed E-state index contributed by atoms with van der Waals surface area (Å²) < 4.78 is 0. The lowest BCUT2D eigenvalue weighted by molar-refractivity contribution is 0.148. The van der Waals surface area contributed by atoms with Gasteiger partial charge in [0.25, 0.3) is 0 Å². The van der Waals surface area contributed by atoms with Crippen molar-refractivity contribution in [2.45, 2.75) is 43.7 Å². The van der Waals surface area contributed by atoms with E-state index in [4.69, 9.17) is 0 Å². The molecule has 0 saturated heterocycles. The molecule has 0 radical (unpaired) electrons. The van der Waals surface area contributed by atoms with Crippen LogP contribution in [0.1, 0.15) is 33.1 Å². The largest absolute Gasteiger partial charge is 0.394 e. The molecule has 2 N–H and O–H groups in total. The Morgan fingerprint density at radius 2 is 2.22 bits per heavy atom. The van der Waals surface area contributed by atoms with E-state index in [2.05, 4.69) is 29.1 Å². The minimum atomic E-state index is -0.113. The Morgan fingerprint density at radius 1 is 1.39 bits per heavy atom. The predicted molar refractivity (Wildman–Crippen MR) is 75.8 cm³/mol. The molecule has 1 aromatic rings. The summed E-state index contributed by atoms with van der Waals surface area (Å²) in [5.41, 5.74) is -0.113. The first-order chi connectivity index (χ1) is 8.76. The van der Waals surface area contributed by atoms with Crippen molar-refractivity contribution < 1.29 is 5.11 Å². The van der Waals surface area contributed by atoms with Gasteiger partial charge < -0.3 is 10.4 Å². The van der Waals surface area contributed by atoms with Crippen LogP contribution in [0.2, 0.25) is 0 Å². The van der Waals surface area contributed by atoms with Gasteiger partial charge in [-0.15, -0.1) is 11.8 Å². The maximum atomic E-state index is 9.53. The average molecular weight is 269 g/mol. The average Bonchev–Trinajstić information content (AvgIpc) is 2.43. The highest BCUT2D eigenvalue weighted by Gasteiger charge is 2.25. The second-order valence-electron chi connectivity index (χ2n) is 4.32. The van der Waals surface area contributed by atoms with Crippen LogP contribution < -0.4 is 5.32 Å².